The number of nitrogens with zero attached hydrogens (tertiary/aromatic N) is 3. The van der Waals surface area contributed by atoms with Crippen molar-refractivity contribution in [3.05, 3.63) is 21.5 Å². The molecule has 4 nitrogen and oxygen atoms in total. The van der Waals surface area contributed by atoms with E-state index >= 15 is 0 Å². The van der Waals surface area contributed by atoms with Crippen molar-refractivity contribution in [2.45, 2.75) is 6.92 Å². The molecule has 2 aromatic heterocycles. The van der Waals surface area contributed by atoms with E-state index in [2.05, 4.69) is 26.0 Å². The lowest BCUT2D eigenvalue weighted by molar-refractivity contribution is 0.914. The van der Waals surface area contributed by atoms with Crippen molar-refractivity contribution in [2.24, 2.45) is 0 Å². The van der Waals surface area contributed by atoms with Crippen molar-refractivity contribution >= 4 is 38.9 Å². The highest BCUT2D eigenvalue weighted by Crippen LogP contribution is 2.25. The van der Waals surface area contributed by atoms with Crippen LogP contribution < -0.4 is 5.73 Å². The van der Waals surface area contributed by atoms with E-state index in [0.717, 1.165) is 10.2 Å². The average Bonchev–Trinajstić information content (AvgIpc) is 2.44. The van der Waals surface area contributed by atoms with Crippen molar-refractivity contribution in [3.8, 4) is 0 Å². The molecule has 0 aliphatic heterocycles. The van der Waals surface area contributed by atoms with Gasteiger partial charge in [0.2, 0.25) is 5.28 Å². The zero-order valence-electron chi connectivity index (χ0n) is 6.75. The molecular formula is C7H6BrClN4. The molecule has 0 fully saturated rings. The molecule has 0 aliphatic carbocycles. The van der Waals surface area contributed by atoms with Crippen molar-refractivity contribution in [1.82, 2.24) is 14.6 Å². The minimum Gasteiger partial charge on any atom is -0.395 e. The van der Waals surface area contributed by atoms with Crippen LogP contribution in [0.2, 0.25) is 5.28 Å². The standard InChI is InChI=1S/C7H6BrClN4/c1-3-2-4(8)5(10)6-11-7(9)12-13(3)6/h2H,10H2,1H3. The monoisotopic (exact) mass is 260 g/mol. The van der Waals surface area contributed by atoms with Crippen molar-refractivity contribution in [3.63, 3.8) is 0 Å². The maximum atomic E-state index is 5.77. The molecule has 0 saturated heterocycles. The van der Waals surface area contributed by atoms with Crippen LogP contribution in [0.3, 0.4) is 0 Å². The molecule has 0 bridgehead atoms. The van der Waals surface area contributed by atoms with Gasteiger partial charge in [-0.15, -0.1) is 5.10 Å². The lowest BCUT2D eigenvalue weighted by Crippen LogP contribution is -1.98. The van der Waals surface area contributed by atoms with Crippen LogP contribution in [0.1, 0.15) is 5.69 Å². The molecule has 2 N–H and O–H groups in total. The first-order valence-electron chi connectivity index (χ1n) is 3.56. The highest BCUT2D eigenvalue weighted by molar-refractivity contribution is 9.10. The van der Waals surface area contributed by atoms with Gasteiger partial charge in [0.1, 0.15) is 0 Å². The molecule has 0 aromatic carbocycles. The average molecular weight is 262 g/mol. The predicted octanol–water partition coefficient (Wildman–Crippen LogP) is 2.04. The first-order valence-corrected chi connectivity index (χ1v) is 4.73. The summed E-state index contributed by atoms with van der Waals surface area (Å²) in [6.45, 7) is 1.90. The van der Waals surface area contributed by atoms with E-state index in [-0.39, 0.29) is 5.28 Å². The molecule has 0 aliphatic rings. The van der Waals surface area contributed by atoms with Gasteiger partial charge in [0.25, 0.3) is 0 Å². The van der Waals surface area contributed by atoms with Gasteiger partial charge >= 0.3 is 0 Å². The van der Waals surface area contributed by atoms with E-state index in [9.17, 15) is 0 Å². The Kier molecular flexibility index (Phi) is 1.92. The third kappa shape index (κ3) is 1.28. The van der Waals surface area contributed by atoms with Gasteiger partial charge in [-0.2, -0.15) is 4.98 Å². The van der Waals surface area contributed by atoms with E-state index in [1.54, 1.807) is 4.52 Å². The Morgan fingerprint density at radius 1 is 1.62 bits per heavy atom. The number of hydrogen-bond donors (Lipinski definition) is 1. The van der Waals surface area contributed by atoms with Gasteiger partial charge in [0.05, 0.1) is 5.69 Å². The Balaban J connectivity index is 2.95. The van der Waals surface area contributed by atoms with E-state index in [0.29, 0.717) is 11.3 Å². The summed E-state index contributed by atoms with van der Waals surface area (Å²) in [5, 5.41) is 4.19. The van der Waals surface area contributed by atoms with Crippen molar-refractivity contribution < 1.29 is 0 Å². The summed E-state index contributed by atoms with van der Waals surface area (Å²) in [4.78, 5) is 4.00. The van der Waals surface area contributed by atoms with Crippen LogP contribution in [0.4, 0.5) is 5.69 Å². The second-order valence-corrected chi connectivity index (χ2v) is 3.86. The highest BCUT2D eigenvalue weighted by atomic mass is 79.9. The number of nitrogens with two attached hydrogens (primary N) is 1. The summed E-state index contributed by atoms with van der Waals surface area (Å²) in [5.74, 6) is 0. The molecule has 0 amide bonds. The topological polar surface area (TPSA) is 56.2 Å². The van der Waals surface area contributed by atoms with Gasteiger partial charge in [0.15, 0.2) is 5.65 Å². The lowest BCUT2D eigenvalue weighted by Gasteiger charge is -2.02. The highest BCUT2D eigenvalue weighted by Gasteiger charge is 2.09. The Labute approximate surface area is 87.8 Å². The number of rotatable bonds is 0. The van der Waals surface area contributed by atoms with E-state index in [1.165, 1.54) is 0 Å². The molecule has 13 heavy (non-hydrogen) atoms. The van der Waals surface area contributed by atoms with Crippen molar-refractivity contribution in [1.29, 1.82) is 0 Å². The van der Waals surface area contributed by atoms with Crippen LogP contribution in [0.15, 0.2) is 10.5 Å². The van der Waals surface area contributed by atoms with Gasteiger partial charge in [-0.3, -0.25) is 0 Å². The van der Waals surface area contributed by atoms with Gasteiger partial charge < -0.3 is 5.73 Å². The number of fused-ring (bicyclic) bond motifs is 1. The third-order valence-electron chi connectivity index (χ3n) is 1.75. The Morgan fingerprint density at radius 3 is 3.00 bits per heavy atom. The molecule has 2 heterocycles. The minimum absolute atomic E-state index is 0.202. The number of halogens is 2. The minimum atomic E-state index is 0.202. The number of aromatic nitrogens is 3. The molecule has 0 saturated carbocycles. The van der Waals surface area contributed by atoms with Gasteiger partial charge in [0, 0.05) is 10.2 Å². The van der Waals surface area contributed by atoms with E-state index in [1.807, 2.05) is 13.0 Å². The third-order valence-corrected chi connectivity index (χ3v) is 2.57. The van der Waals surface area contributed by atoms with Crippen LogP contribution in [0, 0.1) is 6.92 Å². The van der Waals surface area contributed by atoms with Crippen molar-refractivity contribution in [2.75, 3.05) is 5.73 Å². The summed E-state index contributed by atoms with van der Waals surface area (Å²) >= 11 is 8.99. The maximum absolute atomic E-state index is 5.77. The van der Waals surface area contributed by atoms with Gasteiger partial charge in [-0.25, -0.2) is 4.52 Å². The molecule has 68 valence electrons. The number of aryl methyl sites for hydroxylation is 1. The van der Waals surface area contributed by atoms with Gasteiger partial charge in [-0.05, 0) is 40.5 Å². The maximum Gasteiger partial charge on any atom is 0.243 e. The van der Waals surface area contributed by atoms with Gasteiger partial charge in [-0.1, -0.05) is 0 Å². The number of anilines is 1. The zero-order chi connectivity index (χ0) is 9.59. The van der Waals surface area contributed by atoms with Crippen LogP contribution in [-0.2, 0) is 0 Å². The number of nitrogen functional groups attached to an aromatic ring is 1. The van der Waals surface area contributed by atoms with Crippen LogP contribution in [-0.4, -0.2) is 14.6 Å². The normalized spacial score (nSPS) is 11.0. The van der Waals surface area contributed by atoms with E-state index < -0.39 is 0 Å². The second kappa shape index (κ2) is 2.85. The molecular weight excluding hydrogens is 255 g/mol. The summed E-state index contributed by atoms with van der Waals surface area (Å²) in [7, 11) is 0. The largest absolute Gasteiger partial charge is 0.395 e. The predicted molar refractivity (Wildman–Crippen MR) is 54.8 cm³/mol. The fourth-order valence-electron chi connectivity index (χ4n) is 1.14. The summed E-state index contributed by atoms with van der Waals surface area (Å²) < 4.78 is 2.42. The quantitative estimate of drug-likeness (QED) is 0.789. The molecule has 0 radical (unpaired) electrons. The lowest BCUT2D eigenvalue weighted by atomic mass is 10.3. The molecule has 0 unspecified atom stereocenters. The van der Waals surface area contributed by atoms with Crippen LogP contribution in [0.25, 0.3) is 5.65 Å². The Bertz CT molecular complexity index is 479. The zero-order valence-corrected chi connectivity index (χ0v) is 9.09. The fourth-order valence-corrected chi connectivity index (χ4v) is 1.80. The smallest absolute Gasteiger partial charge is 0.243 e. The molecule has 6 heteroatoms. The fraction of sp³-hybridized carbons (Fsp3) is 0.143. The summed E-state index contributed by atoms with van der Waals surface area (Å²) in [6, 6.07) is 1.87. The summed E-state index contributed by atoms with van der Waals surface area (Å²) in [6.07, 6.45) is 0. The number of hydrogen-bond acceptors (Lipinski definition) is 3. The first-order chi connectivity index (χ1) is 6.09. The summed E-state index contributed by atoms with van der Waals surface area (Å²) in [5.41, 5.74) is 7.82. The van der Waals surface area contributed by atoms with E-state index in [4.69, 9.17) is 17.3 Å². The number of pyridine rings is 1. The molecule has 2 rings (SSSR count). The SMILES string of the molecule is Cc1cc(Br)c(N)c2nc(Cl)nn12. The first kappa shape index (κ1) is 8.77. The molecule has 0 spiro atoms. The second-order valence-electron chi connectivity index (χ2n) is 2.66. The van der Waals surface area contributed by atoms with Crippen LogP contribution >= 0.6 is 27.5 Å². The Hall–Kier alpha value is -0.810. The molecule has 2 aromatic rings. The Morgan fingerprint density at radius 2 is 2.31 bits per heavy atom. The molecule has 0 atom stereocenters. The van der Waals surface area contributed by atoms with Crippen LogP contribution in [0.5, 0.6) is 0 Å².